The number of hydrogen-bond donors (Lipinski definition) is 0. The van der Waals surface area contributed by atoms with Crippen molar-refractivity contribution < 1.29 is 0 Å². The van der Waals surface area contributed by atoms with E-state index in [-0.39, 0.29) is 24.8 Å². The second-order valence-electron chi connectivity index (χ2n) is 7.02. The number of para-hydroxylation sites is 1. The fraction of sp³-hybridized carbons (Fsp3) is 0.318. The van der Waals surface area contributed by atoms with E-state index in [1.165, 1.54) is 43.6 Å². The Morgan fingerprint density at radius 2 is 1.48 bits per heavy atom. The van der Waals surface area contributed by atoms with Crippen LogP contribution in [0.25, 0.3) is 5.69 Å². The van der Waals surface area contributed by atoms with Crippen molar-refractivity contribution in [3.05, 3.63) is 84.4 Å². The molecule has 1 aliphatic rings. The van der Waals surface area contributed by atoms with Gasteiger partial charge < -0.3 is 4.57 Å². The standard InChI is InChI=1S/C22H25N3.2ClH/c1-3-7-19(8-4-1)15-20-11-13-24(14-12-20)16-21-17-25(18-23-21)22-9-5-2-6-10-22;;/h1-10,17-18,20H,11-16H2;2*1H. The minimum Gasteiger partial charge on any atom is -0.306 e. The lowest BCUT2D eigenvalue weighted by atomic mass is 9.90. The predicted octanol–water partition coefficient (Wildman–Crippen LogP) is 5.17. The van der Waals surface area contributed by atoms with E-state index < -0.39 is 0 Å². The summed E-state index contributed by atoms with van der Waals surface area (Å²) < 4.78 is 2.11. The quantitative estimate of drug-likeness (QED) is 0.585. The first kappa shape index (κ1) is 21.5. The maximum Gasteiger partial charge on any atom is 0.0995 e. The van der Waals surface area contributed by atoms with Gasteiger partial charge in [-0.3, -0.25) is 4.90 Å². The molecule has 0 bridgehead atoms. The second-order valence-corrected chi connectivity index (χ2v) is 7.02. The molecule has 1 saturated heterocycles. The van der Waals surface area contributed by atoms with Crippen molar-refractivity contribution in [3.8, 4) is 5.69 Å². The molecule has 0 saturated carbocycles. The summed E-state index contributed by atoms with van der Waals surface area (Å²) in [7, 11) is 0. The second kappa shape index (κ2) is 10.5. The van der Waals surface area contributed by atoms with Crippen LogP contribution in [0, 0.1) is 5.92 Å². The third kappa shape index (κ3) is 5.83. The molecular weight excluding hydrogens is 377 g/mol. The SMILES string of the molecule is Cl.Cl.c1ccc(CC2CCN(Cc3cn(-c4ccccc4)cn3)CC2)cc1. The van der Waals surface area contributed by atoms with Crippen LogP contribution in [0.4, 0.5) is 0 Å². The lowest BCUT2D eigenvalue weighted by molar-refractivity contribution is 0.175. The van der Waals surface area contributed by atoms with Crippen molar-refractivity contribution in [1.82, 2.24) is 14.5 Å². The number of piperidine rings is 1. The highest BCUT2D eigenvalue weighted by Crippen LogP contribution is 2.22. The average Bonchev–Trinajstić information content (AvgIpc) is 3.14. The number of benzene rings is 2. The van der Waals surface area contributed by atoms with Gasteiger partial charge in [0.1, 0.15) is 0 Å². The normalized spacial score (nSPS) is 15.0. The van der Waals surface area contributed by atoms with E-state index in [0.717, 1.165) is 18.2 Å². The minimum absolute atomic E-state index is 0. The Morgan fingerprint density at radius 3 is 2.15 bits per heavy atom. The molecular formula is C22H27Cl2N3. The highest BCUT2D eigenvalue weighted by Gasteiger charge is 2.20. The topological polar surface area (TPSA) is 21.1 Å². The average molecular weight is 404 g/mol. The molecule has 3 nitrogen and oxygen atoms in total. The molecule has 2 heterocycles. The predicted molar refractivity (Wildman–Crippen MR) is 116 cm³/mol. The summed E-state index contributed by atoms with van der Waals surface area (Å²) in [6.45, 7) is 3.31. The zero-order chi connectivity index (χ0) is 16.9. The zero-order valence-electron chi connectivity index (χ0n) is 15.4. The van der Waals surface area contributed by atoms with Crippen molar-refractivity contribution in [2.24, 2.45) is 5.92 Å². The summed E-state index contributed by atoms with van der Waals surface area (Å²) in [5, 5.41) is 0. The maximum atomic E-state index is 4.59. The van der Waals surface area contributed by atoms with Crippen LogP contribution in [0.3, 0.4) is 0 Å². The zero-order valence-corrected chi connectivity index (χ0v) is 17.0. The number of imidazole rings is 1. The Labute approximate surface area is 174 Å². The van der Waals surface area contributed by atoms with Gasteiger partial charge in [-0.25, -0.2) is 4.98 Å². The van der Waals surface area contributed by atoms with Crippen LogP contribution in [0.15, 0.2) is 73.2 Å². The summed E-state index contributed by atoms with van der Waals surface area (Å²) in [5.74, 6) is 0.820. The Kier molecular flexibility index (Phi) is 8.36. The smallest absolute Gasteiger partial charge is 0.0995 e. The number of halogens is 2. The molecule has 3 aromatic rings. The fourth-order valence-corrected chi connectivity index (χ4v) is 3.71. The van der Waals surface area contributed by atoms with Crippen molar-refractivity contribution in [3.63, 3.8) is 0 Å². The molecule has 144 valence electrons. The van der Waals surface area contributed by atoms with Crippen LogP contribution in [0.2, 0.25) is 0 Å². The summed E-state index contributed by atoms with van der Waals surface area (Å²) in [4.78, 5) is 7.14. The van der Waals surface area contributed by atoms with Crippen LogP contribution in [0.5, 0.6) is 0 Å². The summed E-state index contributed by atoms with van der Waals surface area (Å²) in [6.07, 6.45) is 7.87. The van der Waals surface area contributed by atoms with Gasteiger partial charge in [0.15, 0.2) is 0 Å². The molecule has 27 heavy (non-hydrogen) atoms. The van der Waals surface area contributed by atoms with Gasteiger partial charge in [-0.1, -0.05) is 48.5 Å². The van der Waals surface area contributed by atoms with Crippen molar-refractivity contribution in [2.75, 3.05) is 13.1 Å². The molecule has 4 rings (SSSR count). The van der Waals surface area contributed by atoms with Gasteiger partial charge in [-0.15, -0.1) is 24.8 Å². The van der Waals surface area contributed by atoms with Crippen LogP contribution in [-0.2, 0) is 13.0 Å². The third-order valence-corrected chi connectivity index (χ3v) is 5.15. The lowest BCUT2D eigenvalue weighted by Crippen LogP contribution is -2.33. The van der Waals surface area contributed by atoms with Gasteiger partial charge in [0.2, 0.25) is 0 Å². The molecule has 1 aliphatic heterocycles. The molecule has 2 aromatic carbocycles. The number of nitrogens with zero attached hydrogens (tertiary/aromatic N) is 3. The number of hydrogen-bond acceptors (Lipinski definition) is 2. The van der Waals surface area contributed by atoms with Gasteiger partial charge in [0, 0.05) is 18.4 Å². The van der Waals surface area contributed by atoms with Crippen LogP contribution < -0.4 is 0 Å². The number of aromatic nitrogens is 2. The molecule has 1 aromatic heterocycles. The van der Waals surface area contributed by atoms with Crippen LogP contribution in [-0.4, -0.2) is 27.5 Å². The molecule has 0 spiro atoms. The van der Waals surface area contributed by atoms with E-state index in [1.807, 2.05) is 12.4 Å². The van der Waals surface area contributed by atoms with E-state index in [1.54, 1.807) is 0 Å². The van der Waals surface area contributed by atoms with Crippen molar-refractivity contribution >= 4 is 24.8 Å². The largest absolute Gasteiger partial charge is 0.306 e. The van der Waals surface area contributed by atoms with Crippen LogP contribution >= 0.6 is 24.8 Å². The van der Waals surface area contributed by atoms with E-state index in [4.69, 9.17) is 0 Å². The molecule has 0 unspecified atom stereocenters. The lowest BCUT2D eigenvalue weighted by Gasteiger charge is -2.31. The van der Waals surface area contributed by atoms with Gasteiger partial charge in [-0.2, -0.15) is 0 Å². The minimum atomic E-state index is 0. The molecule has 1 fully saturated rings. The summed E-state index contributed by atoms with van der Waals surface area (Å²) >= 11 is 0. The van der Waals surface area contributed by atoms with Gasteiger partial charge in [0.25, 0.3) is 0 Å². The first-order valence-corrected chi connectivity index (χ1v) is 9.21. The monoisotopic (exact) mass is 403 g/mol. The van der Waals surface area contributed by atoms with E-state index in [0.29, 0.717) is 0 Å². The Hall–Kier alpha value is -1.81. The van der Waals surface area contributed by atoms with Gasteiger partial charge in [-0.05, 0) is 56.0 Å². The van der Waals surface area contributed by atoms with Crippen LogP contribution in [0.1, 0.15) is 24.1 Å². The van der Waals surface area contributed by atoms with Gasteiger partial charge >= 0.3 is 0 Å². The molecule has 0 atom stereocenters. The van der Waals surface area contributed by atoms with E-state index in [9.17, 15) is 0 Å². The number of likely N-dealkylation sites (tertiary alicyclic amines) is 1. The van der Waals surface area contributed by atoms with E-state index >= 15 is 0 Å². The Balaban J connectivity index is 0.00000131. The summed E-state index contributed by atoms with van der Waals surface area (Å²) in [6, 6.07) is 21.3. The first-order chi connectivity index (χ1) is 12.4. The Morgan fingerprint density at radius 1 is 0.852 bits per heavy atom. The molecule has 0 radical (unpaired) electrons. The fourth-order valence-electron chi connectivity index (χ4n) is 3.71. The maximum absolute atomic E-state index is 4.59. The highest BCUT2D eigenvalue weighted by atomic mass is 35.5. The van der Waals surface area contributed by atoms with Crippen molar-refractivity contribution in [1.29, 1.82) is 0 Å². The van der Waals surface area contributed by atoms with Gasteiger partial charge in [0.05, 0.1) is 12.0 Å². The third-order valence-electron chi connectivity index (χ3n) is 5.15. The molecule has 0 N–H and O–H groups in total. The van der Waals surface area contributed by atoms with Crippen molar-refractivity contribution in [2.45, 2.75) is 25.8 Å². The molecule has 5 heteroatoms. The molecule has 0 aliphatic carbocycles. The Bertz CT molecular complexity index is 782. The number of rotatable bonds is 5. The highest BCUT2D eigenvalue weighted by molar-refractivity contribution is 5.85. The molecule has 0 amide bonds. The first-order valence-electron chi connectivity index (χ1n) is 9.21. The summed E-state index contributed by atoms with van der Waals surface area (Å²) in [5.41, 5.74) is 3.80. The van der Waals surface area contributed by atoms with E-state index in [2.05, 4.69) is 75.2 Å².